The van der Waals surface area contributed by atoms with Gasteiger partial charge in [0.25, 0.3) is 0 Å². The number of ether oxygens (including phenoxy) is 2. The molecule has 0 spiro atoms. The highest BCUT2D eigenvalue weighted by Gasteiger charge is 2.42. The standard InChI is InChI=1S/C35H42FN7O4/c1-4-35(44)40-29-16-30(32(45-3)17-31(29)41-11-8-24(9-12-41)42-19-27-15-26(42)20-46-27)39-33-18-34(38-21-37-33)43-25(10-13-47-43)14-23-6-5-7-28(36)22(23)2/h4-7,16-18,21,24-27H,1,8-15,19-20H2,2-3H3,(H,40,44)(H,37,38,39)/t25-,26+,27+/m1/s1. The van der Waals surface area contributed by atoms with Gasteiger partial charge in [-0.05, 0) is 68.4 Å². The van der Waals surface area contributed by atoms with Gasteiger partial charge >= 0.3 is 0 Å². The van der Waals surface area contributed by atoms with Gasteiger partial charge in [-0.15, -0.1) is 0 Å². The summed E-state index contributed by atoms with van der Waals surface area (Å²) in [6, 6.07) is 11.9. The van der Waals surface area contributed by atoms with Crippen molar-refractivity contribution in [2.24, 2.45) is 0 Å². The molecule has 3 atom stereocenters. The zero-order valence-corrected chi connectivity index (χ0v) is 27.0. The van der Waals surface area contributed by atoms with Crippen LogP contribution in [-0.2, 0) is 20.8 Å². The van der Waals surface area contributed by atoms with Crippen molar-refractivity contribution in [2.75, 3.05) is 60.6 Å². The number of benzene rings is 2. The molecule has 4 saturated heterocycles. The molecule has 4 aliphatic rings. The summed E-state index contributed by atoms with van der Waals surface area (Å²) in [5.41, 5.74) is 3.79. The summed E-state index contributed by atoms with van der Waals surface area (Å²) in [6.07, 6.45) is 7.79. The van der Waals surface area contributed by atoms with E-state index >= 15 is 0 Å². The maximum atomic E-state index is 14.2. The molecular formula is C35H42FN7O4. The lowest BCUT2D eigenvalue weighted by atomic mass is 9.99. The van der Waals surface area contributed by atoms with Crippen molar-refractivity contribution >= 4 is 34.6 Å². The van der Waals surface area contributed by atoms with Gasteiger partial charge in [0.15, 0.2) is 5.82 Å². The number of anilines is 5. The highest BCUT2D eigenvalue weighted by molar-refractivity contribution is 6.02. The Hall–Kier alpha value is -4.26. The largest absolute Gasteiger partial charge is 0.494 e. The summed E-state index contributed by atoms with van der Waals surface area (Å²) >= 11 is 0. The number of fused-ring (bicyclic) bond motifs is 2. The summed E-state index contributed by atoms with van der Waals surface area (Å²) < 4.78 is 25.9. The lowest BCUT2D eigenvalue weighted by molar-refractivity contribution is -0.111. The maximum Gasteiger partial charge on any atom is 0.247 e. The molecule has 0 saturated carbocycles. The summed E-state index contributed by atoms with van der Waals surface area (Å²) in [6.45, 7) is 9.61. The van der Waals surface area contributed by atoms with Crippen LogP contribution in [0, 0.1) is 12.7 Å². The minimum absolute atomic E-state index is 0.00845. The first-order valence-electron chi connectivity index (χ1n) is 16.4. The number of nitrogens with zero attached hydrogens (tertiary/aromatic N) is 5. The number of carbonyl (C=O) groups excluding carboxylic acids is 1. The Balaban J connectivity index is 1.10. The van der Waals surface area contributed by atoms with Crippen LogP contribution >= 0.6 is 0 Å². The van der Waals surface area contributed by atoms with Crippen molar-refractivity contribution in [3.05, 3.63) is 72.3 Å². The van der Waals surface area contributed by atoms with Crippen LogP contribution in [0.5, 0.6) is 5.75 Å². The predicted octanol–water partition coefficient (Wildman–Crippen LogP) is 5.00. The van der Waals surface area contributed by atoms with Gasteiger partial charge in [-0.1, -0.05) is 18.7 Å². The second kappa shape index (κ2) is 13.5. The molecule has 248 valence electrons. The van der Waals surface area contributed by atoms with Crippen LogP contribution in [0.3, 0.4) is 0 Å². The zero-order valence-electron chi connectivity index (χ0n) is 27.0. The Morgan fingerprint density at radius 2 is 2.00 bits per heavy atom. The van der Waals surface area contributed by atoms with Crippen molar-refractivity contribution in [1.29, 1.82) is 0 Å². The normalized spacial score (nSPS) is 22.9. The topological polar surface area (TPSA) is 104 Å². The number of methoxy groups -OCH3 is 1. The van der Waals surface area contributed by atoms with E-state index in [0.717, 1.165) is 63.2 Å². The smallest absolute Gasteiger partial charge is 0.247 e. The Bertz CT molecular complexity index is 1630. The van der Waals surface area contributed by atoms with E-state index in [1.165, 1.54) is 18.5 Å². The molecule has 12 heteroatoms. The fraction of sp³-hybridized carbons (Fsp3) is 0.457. The van der Waals surface area contributed by atoms with E-state index in [1.807, 2.05) is 24.3 Å². The molecule has 2 bridgehead atoms. The molecule has 1 amide bonds. The second-order valence-corrected chi connectivity index (χ2v) is 12.7. The number of hydrogen-bond donors (Lipinski definition) is 2. The van der Waals surface area contributed by atoms with Gasteiger partial charge < -0.3 is 25.0 Å². The molecule has 11 nitrogen and oxygen atoms in total. The van der Waals surface area contributed by atoms with Crippen molar-refractivity contribution in [3.8, 4) is 5.75 Å². The highest BCUT2D eigenvalue weighted by atomic mass is 19.1. The van der Waals surface area contributed by atoms with Crippen LogP contribution in [0.1, 0.15) is 36.8 Å². The monoisotopic (exact) mass is 643 g/mol. The zero-order chi connectivity index (χ0) is 32.5. The van der Waals surface area contributed by atoms with Crippen molar-refractivity contribution < 1.29 is 23.5 Å². The summed E-state index contributed by atoms with van der Waals surface area (Å²) in [5, 5.41) is 8.16. The number of morpholine rings is 1. The molecule has 5 heterocycles. The third-order valence-electron chi connectivity index (χ3n) is 9.97. The van der Waals surface area contributed by atoms with Crippen LogP contribution in [0.15, 0.2) is 55.4 Å². The Morgan fingerprint density at radius 3 is 2.74 bits per heavy atom. The number of halogens is 1. The average molecular weight is 644 g/mol. The van der Waals surface area contributed by atoms with Crippen LogP contribution in [0.4, 0.5) is 33.1 Å². The molecule has 2 N–H and O–H groups in total. The van der Waals surface area contributed by atoms with Crippen LogP contribution in [0.2, 0.25) is 0 Å². The molecule has 0 aliphatic carbocycles. The van der Waals surface area contributed by atoms with Crippen molar-refractivity contribution in [2.45, 2.75) is 63.3 Å². The number of carbonyl (C=O) groups is 1. The molecule has 4 aliphatic heterocycles. The quantitative estimate of drug-likeness (QED) is 0.294. The minimum Gasteiger partial charge on any atom is -0.494 e. The molecule has 7 rings (SSSR count). The van der Waals surface area contributed by atoms with Gasteiger partial charge in [-0.3, -0.25) is 14.5 Å². The van der Waals surface area contributed by atoms with Gasteiger partial charge in [0.05, 0.1) is 49.5 Å². The summed E-state index contributed by atoms with van der Waals surface area (Å²) in [4.78, 5) is 32.4. The SMILES string of the molecule is C=CC(=O)Nc1cc(Nc2cc(N3OCC[C@@H]3Cc3cccc(F)c3C)ncn2)c(OC)cc1N1CCC(N2C[C@@H]3C[C@H]2CO3)CC1. The third-order valence-corrected chi connectivity index (χ3v) is 9.97. The van der Waals surface area contributed by atoms with E-state index in [2.05, 4.69) is 37.0 Å². The molecule has 4 fully saturated rings. The summed E-state index contributed by atoms with van der Waals surface area (Å²) in [7, 11) is 1.63. The molecule has 0 radical (unpaired) electrons. The van der Waals surface area contributed by atoms with Crippen LogP contribution in [0.25, 0.3) is 0 Å². The van der Waals surface area contributed by atoms with Gasteiger partial charge in [-0.25, -0.2) is 19.4 Å². The van der Waals surface area contributed by atoms with Gasteiger partial charge in [-0.2, -0.15) is 0 Å². The maximum absolute atomic E-state index is 14.2. The number of amides is 1. The first-order chi connectivity index (χ1) is 22.9. The van der Waals surface area contributed by atoms with Crippen LogP contribution < -0.4 is 25.3 Å². The minimum atomic E-state index is -0.291. The first-order valence-corrected chi connectivity index (χ1v) is 16.4. The number of rotatable bonds is 10. The number of hydrogen-bond acceptors (Lipinski definition) is 10. The molecule has 47 heavy (non-hydrogen) atoms. The van der Waals surface area contributed by atoms with E-state index < -0.39 is 0 Å². The molecule has 2 aromatic carbocycles. The second-order valence-electron chi connectivity index (χ2n) is 12.7. The Morgan fingerprint density at radius 1 is 1.15 bits per heavy atom. The third kappa shape index (κ3) is 6.50. The van der Waals surface area contributed by atoms with E-state index in [0.29, 0.717) is 65.5 Å². The van der Waals surface area contributed by atoms with Gasteiger partial charge in [0, 0.05) is 43.9 Å². The molecular weight excluding hydrogens is 601 g/mol. The van der Waals surface area contributed by atoms with Crippen LogP contribution in [-0.4, -0.2) is 85.0 Å². The van der Waals surface area contributed by atoms with E-state index in [4.69, 9.17) is 14.3 Å². The number of piperidine rings is 1. The number of likely N-dealkylation sites (tertiary alicyclic amines) is 1. The highest BCUT2D eigenvalue weighted by Crippen LogP contribution is 2.41. The summed E-state index contributed by atoms with van der Waals surface area (Å²) in [5.74, 6) is 1.24. The lowest BCUT2D eigenvalue weighted by Crippen LogP contribution is -2.49. The van der Waals surface area contributed by atoms with Crippen molar-refractivity contribution in [3.63, 3.8) is 0 Å². The molecule has 1 aromatic heterocycles. The molecule has 3 aromatic rings. The fourth-order valence-corrected chi connectivity index (χ4v) is 7.45. The number of hydroxylamine groups is 1. The Kier molecular flexibility index (Phi) is 8.98. The average Bonchev–Trinajstić information content (AvgIpc) is 3.86. The van der Waals surface area contributed by atoms with Gasteiger partial charge in [0.1, 0.15) is 23.7 Å². The first kappa shape index (κ1) is 31.3. The predicted molar refractivity (Wildman–Crippen MR) is 179 cm³/mol. The van der Waals surface area contributed by atoms with Gasteiger partial charge in [0.2, 0.25) is 5.91 Å². The number of nitrogens with one attached hydrogen (secondary N) is 2. The number of aromatic nitrogens is 2. The fourth-order valence-electron chi connectivity index (χ4n) is 7.45. The lowest BCUT2D eigenvalue weighted by Gasteiger charge is -2.41. The van der Waals surface area contributed by atoms with E-state index in [-0.39, 0.29) is 17.8 Å². The van der Waals surface area contributed by atoms with E-state index in [9.17, 15) is 9.18 Å². The van der Waals surface area contributed by atoms with E-state index in [1.54, 1.807) is 25.2 Å². The Labute approximate surface area is 274 Å². The molecule has 0 unspecified atom stereocenters. The van der Waals surface area contributed by atoms with Crippen molar-refractivity contribution in [1.82, 2.24) is 14.9 Å².